The van der Waals surface area contributed by atoms with Crippen LogP contribution in [0, 0.1) is 0 Å². The lowest BCUT2D eigenvalue weighted by Gasteiger charge is -2.14. The maximum absolute atomic E-state index is 13.3. The minimum atomic E-state index is -4.70. The molecule has 0 bridgehead atoms. The summed E-state index contributed by atoms with van der Waals surface area (Å²) in [5.74, 6) is -0.636. The molecular formula is C27H24ClN3O6S. The van der Waals surface area contributed by atoms with Gasteiger partial charge in [0, 0.05) is 5.39 Å². The van der Waals surface area contributed by atoms with Crippen molar-refractivity contribution in [2.45, 2.75) is 25.2 Å². The van der Waals surface area contributed by atoms with E-state index in [9.17, 15) is 22.9 Å². The molecule has 4 rings (SSSR count). The number of azo groups is 1. The standard InChI is InChI=1S/C27H24ClN3O6S/c1-3-16-13-14-20(28)24(26(16)38(34,35)36)31-30-23-18-10-6-5-9-17(18)15-19(25(23)32)27(33)29-21-11-7-8-12-22(21)37-4-2/h5-15,32H,3-4H2,1-2H3,(H,29,33)(H,34,35,36). The van der Waals surface area contributed by atoms with Gasteiger partial charge in [-0.15, -0.1) is 10.2 Å². The summed E-state index contributed by atoms with van der Waals surface area (Å²) in [5.41, 5.74) is 0.257. The van der Waals surface area contributed by atoms with Gasteiger partial charge in [0.25, 0.3) is 16.0 Å². The van der Waals surface area contributed by atoms with Crippen LogP contribution in [0.15, 0.2) is 81.9 Å². The van der Waals surface area contributed by atoms with Crippen molar-refractivity contribution in [2.75, 3.05) is 11.9 Å². The number of aromatic hydroxyl groups is 1. The molecule has 38 heavy (non-hydrogen) atoms. The van der Waals surface area contributed by atoms with Crippen LogP contribution in [0.2, 0.25) is 5.02 Å². The Morgan fingerprint density at radius 1 is 1.00 bits per heavy atom. The predicted molar refractivity (Wildman–Crippen MR) is 146 cm³/mol. The molecule has 1 amide bonds. The van der Waals surface area contributed by atoms with E-state index in [1.54, 1.807) is 55.5 Å². The Labute approximate surface area is 224 Å². The average molecular weight is 554 g/mol. The molecule has 11 heteroatoms. The number of phenols is 1. The van der Waals surface area contributed by atoms with Gasteiger partial charge in [0.15, 0.2) is 5.75 Å². The number of nitrogens with one attached hydrogen (secondary N) is 1. The van der Waals surface area contributed by atoms with Crippen LogP contribution in [0.4, 0.5) is 17.1 Å². The van der Waals surface area contributed by atoms with Gasteiger partial charge in [0.05, 0.1) is 22.9 Å². The van der Waals surface area contributed by atoms with E-state index in [-0.39, 0.29) is 28.4 Å². The van der Waals surface area contributed by atoms with Gasteiger partial charge >= 0.3 is 0 Å². The monoisotopic (exact) mass is 553 g/mol. The number of aryl methyl sites for hydroxylation is 1. The van der Waals surface area contributed by atoms with Crippen LogP contribution in [-0.2, 0) is 16.5 Å². The van der Waals surface area contributed by atoms with E-state index in [1.807, 2.05) is 6.92 Å². The second-order valence-corrected chi connectivity index (χ2v) is 9.90. The lowest BCUT2D eigenvalue weighted by molar-refractivity contribution is 0.102. The molecule has 0 aromatic heterocycles. The number of fused-ring (bicyclic) bond motifs is 1. The molecule has 0 aliphatic rings. The fraction of sp³-hybridized carbons (Fsp3) is 0.148. The molecule has 0 atom stereocenters. The number of benzene rings is 4. The van der Waals surface area contributed by atoms with Crippen LogP contribution in [0.3, 0.4) is 0 Å². The zero-order valence-corrected chi connectivity index (χ0v) is 22.0. The van der Waals surface area contributed by atoms with E-state index in [0.717, 1.165) is 0 Å². The quantitative estimate of drug-likeness (QED) is 0.157. The number of hydrogen-bond donors (Lipinski definition) is 3. The first-order chi connectivity index (χ1) is 18.2. The van der Waals surface area contributed by atoms with Crippen molar-refractivity contribution in [3.63, 3.8) is 0 Å². The molecule has 196 valence electrons. The molecule has 0 heterocycles. The van der Waals surface area contributed by atoms with Crippen molar-refractivity contribution >= 4 is 55.5 Å². The summed E-state index contributed by atoms with van der Waals surface area (Å²) in [5, 5.41) is 23.0. The number of rotatable bonds is 8. The Balaban J connectivity index is 1.86. The number of carbonyl (C=O) groups is 1. The minimum absolute atomic E-state index is 0.0659. The lowest BCUT2D eigenvalue weighted by atomic mass is 10.0. The molecule has 4 aromatic rings. The molecule has 0 fully saturated rings. The summed E-state index contributed by atoms with van der Waals surface area (Å²) in [6.07, 6.45) is 0.280. The maximum Gasteiger partial charge on any atom is 0.297 e. The van der Waals surface area contributed by atoms with Crippen LogP contribution in [0.1, 0.15) is 29.8 Å². The fourth-order valence-electron chi connectivity index (χ4n) is 3.98. The van der Waals surface area contributed by atoms with Gasteiger partial charge in [-0.1, -0.05) is 61.0 Å². The summed E-state index contributed by atoms with van der Waals surface area (Å²) in [4.78, 5) is 12.8. The van der Waals surface area contributed by atoms with Crippen LogP contribution >= 0.6 is 11.6 Å². The van der Waals surface area contributed by atoms with Gasteiger partial charge in [0.2, 0.25) is 0 Å². The molecule has 0 saturated carbocycles. The highest BCUT2D eigenvalue weighted by atomic mass is 35.5. The van der Waals surface area contributed by atoms with E-state index >= 15 is 0 Å². The maximum atomic E-state index is 13.3. The molecule has 0 unspecified atom stereocenters. The van der Waals surface area contributed by atoms with Crippen LogP contribution < -0.4 is 10.1 Å². The molecule has 9 nitrogen and oxygen atoms in total. The molecule has 0 saturated heterocycles. The molecule has 0 aliphatic carbocycles. The Morgan fingerprint density at radius 2 is 1.68 bits per heavy atom. The van der Waals surface area contributed by atoms with Gasteiger partial charge in [0.1, 0.15) is 22.0 Å². The summed E-state index contributed by atoms with van der Waals surface area (Å²) in [6, 6.07) is 18.2. The first-order valence-corrected chi connectivity index (χ1v) is 13.5. The van der Waals surface area contributed by atoms with Crippen molar-refractivity contribution in [1.29, 1.82) is 0 Å². The van der Waals surface area contributed by atoms with Gasteiger partial charge in [-0.3, -0.25) is 9.35 Å². The second kappa shape index (κ2) is 11.2. The molecule has 3 N–H and O–H groups in total. The van der Waals surface area contributed by atoms with Crippen LogP contribution in [0.25, 0.3) is 10.8 Å². The van der Waals surface area contributed by atoms with E-state index in [1.165, 1.54) is 18.2 Å². The van der Waals surface area contributed by atoms with Gasteiger partial charge in [-0.2, -0.15) is 8.42 Å². The Hall–Kier alpha value is -3.99. The third kappa shape index (κ3) is 5.47. The summed E-state index contributed by atoms with van der Waals surface area (Å²) < 4.78 is 39.7. The highest BCUT2D eigenvalue weighted by molar-refractivity contribution is 7.86. The van der Waals surface area contributed by atoms with E-state index < -0.39 is 26.7 Å². The summed E-state index contributed by atoms with van der Waals surface area (Å²) in [6.45, 7) is 3.93. The Morgan fingerprint density at radius 3 is 2.39 bits per heavy atom. The fourth-order valence-corrected chi connectivity index (χ4v) is 5.17. The zero-order chi connectivity index (χ0) is 27.4. The lowest BCUT2D eigenvalue weighted by Crippen LogP contribution is -2.13. The smallest absolute Gasteiger partial charge is 0.297 e. The van der Waals surface area contributed by atoms with Gasteiger partial charge in [-0.25, -0.2) is 0 Å². The number of carbonyl (C=O) groups excluding carboxylic acids is 1. The number of halogens is 1. The molecule has 0 spiro atoms. The minimum Gasteiger partial charge on any atom is -0.505 e. The van der Waals surface area contributed by atoms with E-state index in [0.29, 0.717) is 34.4 Å². The second-order valence-electron chi connectivity index (χ2n) is 8.14. The number of anilines is 1. The highest BCUT2D eigenvalue weighted by Gasteiger charge is 2.24. The number of amides is 1. The van der Waals surface area contributed by atoms with Crippen molar-refractivity contribution in [3.8, 4) is 11.5 Å². The molecular weight excluding hydrogens is 530 g/mol. The van der Waals surface area contributed by atoms with E-state index in [2.05, 4.69) is 15.5 Å². The number of phenolic OH excluding ortho intramolecular Hbond substituents is 1. The first kappa shape index (κ1) is 27.1. The van der Waals surface area contributed by atoms with Crippen molar-refractivity contribution in [3.05, 3.63) is 82.9 Å². The highest BCUT2D eigenvalue weighted by Crippen LogP contribution is 2.42. The zero-order valence-electron chi connectivity index (χ0n) is 20.5. The SMILES string of the molecule is CCOc1ccccc1NC(=O)c1cc2ccccc2c(N=Nc2c(Cl)ccc(CC)c2S(=O)(=O)O)c1O. The van der Waals surface area contributed by atoms with Crippen molar-refractivity contribution in [1.82, 2.24) is 0 Å². The molecule has 0 radical (unpaired) electrons. The number of para-hydroxylation sites is 2. The predicted octanol–water partition coefficient (Wildman–Crippen LogP) is 7.07. The van der Waals surface area contributed by atoms with Crippen LogP contribution in [-0.4, -0.2) is 30.6 Å². The first-order valence-electron chi connectivity index (χ1n) is 11.6. The van der Waals surface area contributed by atoms with Gasteiger partial charge < -0.3 is 15.2 Å². The Bertz CT molecular complexity index is 1670. The van der Waals surface area contributed by atoms with E-state index in [4.69, 9.17) is 16.3 Å². The normalized spacial score (nSPS) is 11.7. The molecule has 4 aromatic carbocycles. The molecule has 0 aliphatic heterocycles. The summed E-state index contributed by atoms with van der Waals surface area (Å²) >= 11 is 6.23. The largest absolute Gasteiger partial charge is 0.505 e. The number of ether oxygens (including phenoxy) is 1. The van der Waals surface area contributed by atoms with Crippen molar-refractivity contribution in [2.24, 2.45) is 10.2 Å². The number of nitrogens with zero attached hydrogens (tertiary/aromatic N) is 2. The number of hydrogen-bond acceptors (Lipinski definition) is 7. The topological polar surface area (TPSA) is 138 Å². The third-order valence-electron chi connectivity index (χ3n) is 5.73. The van der Waals surface area contributed by atoms with Crippen LogP contribution in [0.5, 0.6) is 11.5 Å². The Kier molecular flexibility index (Phi) is 7.96. The third-order valence-corrected chi connectivity index (χ3v) is 7.00. The van der Waals surface area contributed by atoms with Gasteiger partial charge in [-0.05, 0) is 48.6 Å². The van der Waals surface area contributed by atoms with Crippen molar-refractivity contribution < 1.29 is 27.6 Å². The average Bonchev–Trinajstić information content (AvgIpc) is 2.89. The summed E-state index contributed by atoms with van der Waals surface area (Å²) in [7, 11) is -4.70.